The average Bonchev–Trinajstić information content (AvgIpc) is 2.70. The van der Waals surface area contributed by atoms with Crippen LogP contribution in [0.4, 0.5) is 11.5 Å². The third kappa shape index (κ3) is 4.70. The first-order chi connectivity index (χ1) is 14.2. The largest absolute Gasteiger partial charge is 0.307 e. The summed E-state index contributed by atoms with van der Waals surface area (Å²) in [5.74, 6) is -0.398. The number of carbonyl (C=O) groups is 1. The summed E-state index contributed by atoms with van der Waals surface area (Å²) in [6, 6.07) is 14.1. The number of sulfonamides is 1. The predicted octanol–water partition coefficient (Wildman–Crippen LogP) is 5.51. The number of anilines is 2. The number of para-hydroxylation sites is 1. The molecule has 0 unspecified atom stereocenters. The summed E-state index contributed by atoms with van der Waals surface area (Å²) in [6.07, 6.45) is 1.37. The summed E-state index contributed by atoms with van der Waals surface area (Å²) in [4.78, 5) is 16.5. The first kappa shape index (κ1) is 22.4. The van der Waals surface area contributed by atoms with E-state index in [9.17, 15) is 13.2 Å². The van der Waals surface area contributed by atoms with Crippen molar-refractivity contribution in [2.75, 3.05) is 16.2 Å². The number of rotatable bonds is 6. The molecule has 3 rings (SSSR count). The van der Waals surface area contributed by atoms with Crippen LogP contribution in [0.2, 0.25) is 15.1 Å². The normalized spacial score (nSPS) is 11.2. The van der Waals surface area contributed by atoms with Crippen molar-refractivity contribution in [2.24, 2.45) is 0 Å². The van der Waals surface area contributed by atoms with Crippen molar-refractivity contribution in [3.63, 3.8) is 0 Å². The number of benzene rings is 2. The van der Waals surface area contributed by atoms with Crippen molar-refractivity contribution in [3.8, 4) is 0 Å². The van der Waals surface area contributed by atoms with E-state index in [1.165, 1.54) is 22.6 Å². The fourth-order valence-electron chi connectivity index (χ4n) is 2.74. The molecule has 30 heavy (non-hydrogen) atoms. The predicted molar refractivity (Wildman–Crippen MR) is 120 cm³/mol. The Hall–Kier alpha value is -2.32. The van der Waals surface area contributed by atoms with Crippen molar-refractivity contribution in [3.05, 3.63) is 81.4 Å². The van der Waals surface area contributed by atoms with Gasteiger partial charge >= 0.3 is 0 Å². The van der Waals surface area contributed by atoms with E-state index >= 15 is 0 Å². The van der Waals surface area contributed by atoms with E-state index in [2.05, 4.69) is 10.3 Å². The highest BCUT2D eigenvalue weighted by Gasteiger charge is 2.28. The van der Waals surface area contributed by atoms with Crippen LogP contribution in [-0.4, -0.2) is 25.9 Å². The second-order valence-electron chi connectivity index (χ2n) is 6.08. The topological polar surface area (TPSA) is 79.4 Å². The quantitative estimate of drug-likeness (QED) is 0.500. The molecule has 156 valence electrons. The van der Waals surface area contributed by atoms with Crippen LogP contribution < -0.4 is 9.62 Å². The maximum atomic E-state index is 13.3. The molecule has 0 radical (unpaired) electrons. The Labute approximate surface area is 189 Å². The van der Waals surface area contributed by atoms with Crippen molar-refractivity contribution in [1.82, 2.24) is 4.98 Å². The maximum Gasteiger partial charge on any atom is 0.265 e. The third-order valence-electron chi connectivity index (χ3n) is 4.13. The van der Waals surface area contributed by atoms with E-state index in [0.29, 0.717) is 10.7 Å². The smallest absolute Gasteiger partial charge is 0.265 e. The highest BCUT2D eigenvalue weighted by molar-refractivity contribution is 7.93. The summed E-state index contributed by atoms with van der Waals surface area (Å²) in [7, 11) is -4.06. The summed E-state index contributed by atoms with van der Waals surface area (Å²) >= 11 is 18.2. The van der Waals surface area contributed by atoms with Gasteiger partial charge < -0.3 is 5.32 Å². The summed E-state index contributed by atoms with van der Waals surface area (Å²) < 4.78 is 27.8. The molecule has 1 N–H and O–H groups in total. The van der Waals surface area contributed by atoms with Gasteiger partial charge in [-0.05, 0) is 43.3 Å². The first-order valence-electron chi connectivity index (χ1n) is 8.73. The van der Waals surface area contributed by atoms with Gasteiger partial charge in [-0.25, -0.2) is 13.4 Å². The molecule has 1 heterocycles. The molecule has 0 aliphatic carbocycles. The van der Waals surface area contributed by atoms with Gasteiger partial charge in [-0.1, -0.05) is 53.0 Å². The number of halogens is 3. The van der Waals surface area contributed by atoms with E-state index in [4.69, 9.17) is 34.8 Å². The molecular formula is C20H16Cl3N3O3S. The van der Waals surface area contributed by atoms with Crippen molar-refractivity contribution < 1.29 is 13.2 Å². The van der Waals surface area contributed by atoms with Gasteiger partial charge in [-0.2, -0.15) is 0 Å². The summed E-state index contributed by atoms with van der Waals surface area (Å²) in [5.41, 5.74) is 0.419. The van der Waals surface area contributed by atoms with Gasteiger partial charge in [0.05, 0.1) is 26.3 Å². The van der Waals surface area contributed by atoms with Crippen molar-refractivity contribution >= 4 is 62.2 Å². The molecule has 10 heteroatoms. The highest BCUT2D eigenvalue weighted by Crippen LogP contribution is 2.33. The van der Waals surface area contributed by atoms with E-state index in [1.807, 2.05) is 0 Å². The molecular weight excluding hydrogens is 469 g/mol. The molecule has 0 atom stereocenters. The number of nitrogens with zero attached hydrogens (tertiary/aromatic N) is 2. The minimum Gasteiger partial charge on any atom is -0.307 e. The third-order valence-corrected chi connectivity index (χ3v) is 7.04. The van der Waals surface area contributed by atoms with Gasteiger partial charge in [-0.15, -0.1) is 0 Å². The van der Waals surface area contributed by atoms with Crippen LogP contribution in [0.5, 0.6) is 0 Å². The standard InChI is InChI=1S/C20H16Cl3N3O3S/c1-2-26(14-6-4-3-5-7-14)30(28,29)18-10-15(16(22)11-17(18)23)20(27)25-19-9-8-13(21)12-24-19/h3-12H,2H2,1H3,(H,24,25,27). The van der Waals surface area contributed by atoms with E-state index in [1.54, 1.807) is 43.3 Å². The van der Waals surface area contributed by atoms with Gasteiger partial charge in [-0.3, -0.25) is 9.10 Å². The van der Waals surface area contributed by atoms with E-state index in [-0.39, 0.29) is 32.9 Å². The number of carbonyl (C=O) groups excluding carboxylic acids is 1. The van der Waals surface area contributed by atoms with Crippen LogP contribution in [0.25, 0.3) is 0 Å². The van der Waals surface area contributed by atoms with Gasteiger partial charge in [0.1, 0.15) is 10.7 Å². The monoisotopic (exact) mass is 483 g/mol. The number of aromatic nitrogens is 1. The van der Waals surface area contributed by atoms with Crippen LogP contribution in [0.1, 0.15) is 17.3 Å². The minimum atomic E-state index is -4.06. The average molecular weight is 485 g/mol. The number of hydrogen-bond acceptors (Lipinski definition) is 4. The molecule has 0 saturated carbocycles. The number of pyridine rings is 1. The summed E-state index contributed by atoms with van der Waals surface area (Å²) in [5, 5.41) is 2.88. The molecule has 3 aromatic rings. The van der Waals surface area contributed by atoms with Crippen LogP contribution >= 0.6 is 34.8 Å². The lowest BCUT2D eigenvalue weighted by molar-refractivity contribution is 0.102. The van der Waals surface area contributed by atoms with E-state index in [0.717, 1.165) is 6.07 Å². The summed E-state index contributed by atoms with van der Waals surface area (Å²) in [6.45, 7) is 1.87. The Morgan fingerprint density at radius 2 is 1.73 bits per heavy atom. The van der Waals surface area contributed by atoms with Crippen LogP contribution in [-0.2, 0) is 10.0 Å². The lowest BCUT2D eigenvalue weighted by atomic mass is 10.2. The molecule has 1 amide bonds. The molecule has 0 spiro atoms. The highest BCUT2D eigenvalue weighted by atomic mass is 35.5. The zero-order chi connectivity index (χ0) is 21.9. The van der Waals surface area contributed by atoms with Crippen LogP contribution in [0.3, 0.4) is 0 Å². The van der Waals surface area contributed by atoms with Gasteiger partial charge in [0.2, 0.25) is 0 Å². The van der Waals surface area contributed by atoms with Crippen molar-refractivity contribution in [2.45, 2.75) is 11.8 Å². The maximum absolute atomic E-state index is 13.3. The first-order valence-corrected chi connectivity index (χ1v) is 11.3. The lowest BCUT2D eigenvalue weighted by Gasteiger charge is -2.24. The zero-order valence-corrected chi connectivity index (χ0v) is 18.7. The van der Waals surface area contributed by atoms with Gasteiger partial charge in [0.25, 0.3) is 15.9 Å². The molecule has 0 saturated heterocycles. The number of amides is 1. The van der Waals surface area contributed by atoms with Crippen LogP contribution in [0.15, 0.2) is 65.7 Å². The fourth-order valence-corrected chi connectivity index (χ4v) is 5.16. The fraction of sp³-hybridized carbons (Fsp3) is 0.100. The molecule has 0 aliphatic rings. The van der Waals surface area contributed by atoms with Crippen molar-refractivity contribution in [1.29, 1.82) is 0 Å². The lowest BCUT2D eigenvalue weighted by Crippen LogP contribution is -2.31. The molecule has 2 aromatic carbocycles. The zero-order valence-electron chi connectivity index (χ0n) is 15.6. The molecule has 0 fully saturated rings. The van der Waals surface area contributed by atoms with Gasteiger partial charge in [0.15, 0.2) is 0 Å². The second-order valence-corrected chi connectivity index (χ2v) is 9.17. The Morgan fingerprint density at radius 3 is 2.33 bits per heavy atom. The van der Waals surface area contributed by atoms with Crippen LogP contribution in [0, 0.1) is 0 Å². The molecule has 0 bridgehead atoms. The number of nitrogens with one attached hydrogen (secondary N) is 1. The molecule has 1 aromatic heterocycles. The minimum absolute atomic E-state index is 0.00757. The van der Waals surface area contributed by atoms with Gasteiger partial charge in [0, 0.05) is 12.7 Å². The Morgan fingerprint density at radius 1 is 1.03 bits per heavy atom. The molecule has 0 aliphatic heterocycles. The Kier molecular flexibility index (Phi) is 6.88. The van der Waals surface area contributed by atoms with E-state index < -0.39 is 15.9 Å². The number of hydrogen-bond donors (Lipinski definition) is 1. The Balaban J connectivity index is 2.01. The molecule has 6 nitrogen and oxygen atoms in total. The SMILES string of the molecule is CCN(c1ccccc1)S(=O)(=O)c1cc(C(=O)Nc2ccc(Cl)cn2)c(Cl)cc1Cl. The second kappa shape index (κ2) is 9.22. The Bertz CT molecular complexity index is 1170.